The number of thiazole rings is 1. The van der Waals surface area contributed by atoms with Crippen LogP contribution in [0.5, 0.6) is 5.75 Å². The highest BCUT2D eigenvalue weighted by Gasteiger charge is 2.12. The van der Waals surface area contributed by atoms with E-state index in [4.69, 9.17) is 9.47 Å². The lowest BCUT2D eigenvalue weighted by Gasteiger charge is -2.14. The van der Waals surface area contributed by atoms with Gasteiger partial charge in [-0.25, -0.2) is 4.98 Å². The van der Waals surface area contributed by atoms with E-state index in [1.165, 1.54) is 24.9 Å². The minimum absolute atomic E-state index is 0.104. The van der Waals surface area contributed by atoms with Crippen LogP contribution < -0.4 is 15.5 Å². The number of hydrogen-bond donors (Lipinski definition) is 1. The molecule has 7 nitrogen and oxygen atoms in total. The third-order valence-corrected chi connectivity index (χ3v) is 5.46. The van der Waals surface area contributed by atoms with Crippen LogP contribution in [0.3, 0.4) is 0 Å². The van der Waals surface area contributed by atoms with Gasteiger partial charge < -0.3 is 19.4 Å². The van der Waals surface area contributed by atoms with Crippen molar-refractivity contribution in [2.24, 2.45) is 0 Å². The molecule has 2 aromatic rings. The SMILES string of the molecule is COCCNC(=O)Cn1cc(OC)c(=O)cc1CSc1nc(C)cs1. The van der Waals surface area contributed by atoms with Crippen LogP contribution in [0, 0.1) is 6.92 Å². The lowest BCUT2D eigenvalue weighted by molar-refractivity contribution is -0.121. The van der Waals surface area contributed by atoms with Crippen molar-refractivity contribution in [2.75, 3.05) is 27.4 Å². The van der Waals surface area contributed by atoms with E-state index in [2.05, 4.69) is 10.3 Å². The molecule has 0 aliphatic rings. The van der Waals surface area contributed by atoms with E-state index in [0.29, 0.717) is 18.9 Å². The first-order valence-electron chi connectivity index (χ1n) is 7.61. The zero-order chi connectivity index (χ0) is 18.2. The Morgan fingerprint density at radius 1 is 1.44 bits per heavy atom. The first-order valence-corrected chi connectivity index (χ1v) is 9.48. The van der Waals surface area contributed by atoms with Gasteiger partial charge in [0.25, 0.3) is 0 Å². The molecular weight excluding hydrogens is 362 g/mol. The Labute approximate surface area is 154 Å². The predicted octanol–water partition coefficient (Wildman–Crippen LogP) is 1.68. The Kier molecular flexibility index (Phi) is 7.48. The van der Waals surface area contributed by atoms with Gasteiger partial charge in [-0.1, -0.05) is 11.8 Å². The predicted molar refractivity (Wildman–Crippen MR) is 98.6 cm³/mol. The highest BCUT2D eigenvalue weighted by molar-refractivity contribution is 8.00. The van der Waals surface area contributed by atoms with E-state index in [9.17, 15) is 9.59 Å². The van der Waals surface area contributed by atoms with Crippen molar-refractivity contribution in [3.8, 4) is 5.75 Å². The van der Waals surface area contributed by atoms with Crippen LogP contribution in [0.15, 0.2) is 26.8 Å². The second kappa shape index (κ2) is 9.59. The molecule has 0 saturated heterocycles. The van der Waals surface area contributed by atoms with E-state index < -0.39 is 0 Å². The number of nitrogens with zero attached hydrogens (tertiary/aromatic N) is 2. The molecule has 0 spiro atoms. The summed E-state index contributed by atoms with van der Waals surface area (Å²) in [4.78, 5) is 28.5. The van der Waals surface area contributed by atoms with Crippen LogP contribution >= 0.6 is 23.1 Å². The number of aromatic nitrogens is 2. The van der Waals surface area contributed by atoms with Gasteiger partial charge in [0.05, 0.1) is 19.9 Å². The van der Waals surface area contributed by atoms with Gasteiger partial charge in [0.2, 0.25) is 11.3 Å². The number of nitrogens with one attached hydrogen (secondary N) is 1. The van der Waals surface area contributed by atoms with E-state index in [1.54, 1.807) is 29.2 Å². The van der Waals surface area contributed by atoms with Crippen LogP contribution in [-0.4, -0.2) is 42.8 Å². The number of aryl methyl sites for hydroxylation is 1. The molecule has 136 valence electrons. The standard InChI is InChI=1S/C16H21N3O4S2/c1-11-9-24-16(18-11)25-10-12-6-13(20)14(23-3)7-19(12)8-15(21)17-4-5-22-2/h6-7,9H,4-5,8,10H2,1-3H3,(H,17,21). The van der Waals surface area contributed by atoms with Gasteiger partial charge in [0, 0.05) is 42.2 Å². The second-order valence-corrected chi connectivity index (χ2v) is 7.29. The third kappa shape index (κ3) is 5.87. The van der Waals surface area contributed by atoms with Crippen LogP contribution in [0.2, 0.25) is 0 Å². The first-order chi connectivity index (χ1) is 12.0. The van der Waals surface area contributed by atoms with E-state index >= 15 is 0 Å². The van der Waals surface area contributed by atoms with Crippen molar-refractivity contribution in [3.05, 3.63) is 39.3 Å². The Morgan fingerprint density at radius 3 is 2.88 bits per heavy atom. The van der Waals surface area contributed by atoms with Gasteiger partial charge in [-0.05, 0) is 6.92 Å². The molecule has 0 fully saturated rings. The maximum absolute atomic E-state index is 12.1. The Hall–Kier alpha value is -1.84. The number of methoxy groups -OCH3 is 2. The average Bonchev–Trinajstić information content (AvgIpc) is 3.00. The quantitative estimate of drug-likeness (QED) is 0.524. The van der Waals surface area contributed by atoms with Crippen molar-refractivity contribution < 1.29 is 14.3 Å². The molecule has 0 unspecified atom stereocenters. The summed E-state index contributed by atoms with van der Waals surface area (Å²) in [6.07, 6.45) is 1.57. The van der Waals surface area contributed by atoms with Crippen molar-refractivity contribution in [1.29, 1.82) is 0 Å². The molecule has 0 aliphatic carbocycles. The highest BCUT2D eigenvalue weighted by atomic mass is 32.2. The van der Waals surface area contributed by atoms with Crippen molar-refractivity contribution >= 4 is 29.0 Å². The third-order valence-electron chi connectivity index (χ3n) is 3.29. The molecule has 1 amide bonds. The molecule has 2 heterocycles. The monoisotopic (exact) mass is 383 g/mol. The number of carbonyl (C=O) groups is 1. The van der Waals surface area contributed by atoms with Crippen LogP contribution in [0.4, 0.5) is 0 Å². The normalized spacial score (nSPS) is 10.7. The molecule has 9 heteroatoms. The minimum Gasteiger partial charge on any atom is -0.491 e. The maximum Gasteiger partial charge on any atom is 0.240 e. The molecular formula is C16H21N3O4S2. The molecule has 0 saturated carbocycles. The Bertz CT molecular complexity index is 773. The molecule has 25 heavy (non-hydrogen) atoms. The molecule has 0 radical (unpaired) electrons. The number of thioether (sulfide) groups is 1. The molecule has 0 aromatic carbocycles. The summed E-state index contributed by atoms with van der Waals surface area (Å²) < 4.78 is 12.7. The minimum atomic E-state index is -0.204. The maximum atomic E-state index is 12.1. The Balaban J connectivity index is 2.14. The summed E-state index contributed by atoms with van der Waals surface area (Å²) in [6, 6.07) is 1.51. The summed E-state index contributed by atoms with van der Waals surface area (Å²) in [5, 5.41) is 4.75. The lowest BCUT2D eigenvalue weighted by Crippen LogP contribution is -2.31. The molecule has 2 aromatic heterocycles. The zero-order valence-electron chi connectivity index (χ0n) is 14.4. The van der Waals surface area contributed by atoms with Crippen molar-refractivity contribution in [2.45, 2.75) is 23.6 Å². The van der Waals surface area contributed by atoms with Gasteiger partial charge in [-0.3, -0.25) is 9.59 Å². The number of pyridine rings is 1. The van der Waals surface area contributed by atoms with E-state index in [-0.39, 0.29) is 23.6 Å². The van der Waals surface area contributed by atoms with Crippen LogP contribution in [0.25, 0.3) is 0 Å². The summed E-state index contributed by atoms with van der Waals surface area (Å²) >= 11 is 3.10. The molecule has 0 atom stereocenters. The lowest BCUT2D eigenvalue weighted by atomic mass is 10.3. The number of carbonyl (C=O) groups excluding carboxylic acids is 1. The molecule has 0 aliphatic heterocycles. The van der Waals surface area contributed by atoms with E-state index in [0.717, 1.165) is 15.7 Å². The van der Waals surface area contributed by atoms with Gasteiger partial charge >= 0.3 is 0 Å². The number of ether oxygens (including phenoxy) is 2. The molecule has 0 bridgehead atoms. The number of amides is 1. The van der Waals surface area contributed by atoms with Gasteiger partial charge in [-0.2, -0.15) is 0 Å². The van der Waals surface area contributed by atoms with E-state index in [1.807, 2.05) is 12.3 Å². The van der Waals surface area contributed by atoms with Gasteiger partial charge in [0.15, 0.2) is 5.75 Å². The fourth-order valence-electron chi connectivity index (χ4n) is 2.06. The molecule has 1 N–H and O–H groups in total. The summed E-state index contributed by atoms with van der Waals surface area (Å²) in [5.41, 5.74) is 1.51. The van der Waals surface area contributed by atoms with Crippen molar-refractivity contribution in [3.63, 3.8) is 0 Å². The largest absolute Gasteiger partial charge is 0.491 e. The van der Waals surface area contributed by atoms with Crippen LogP contribution in [-0.2, 0) is 21.8 Å². The average molecular weight is 383 g/mol. The van der Waals surface area contributed by atoms with Crippen molar-refractivity contribution in [1.82, 2.24) is 14.9 Å². The second-order valence-electron chi connectivity index (χ2n) is 5.21. The zero-order valence-corrected chi connectivity index (χ0v) is 16.0. The fourth-order valence-corrected chi connectivity index (χ4v) is 3.90. The summed E-state index contributed by atoms with van der Waals surface area (Å²) in [6.45, 7) is 2.93. The smallest absolute Gasteiger partial charge is 0.240 e. The first kappa shape index (κ1) is 19.5. The molecule has 2 rings (SSSR count). The topological polar surface area (TPSA) is 82.5 Å². The van der Waals surface area contributed by atoms with Crippen LogP contribution in [0.1, 0.15) is 11.4 Å². The summed E-state index contributed by atoms with van der Waals surface area (Å²) in [5.74, 6) is 0.597. The van der Waals surface area contributed by atoms with Gasteiger partial charge in [-0.15, -0.1) is 11.3 Å². The highest BCUT2D eigenvalue weighted by Crippen LogP contribution is 2.26. The number of rotatable bonds is 9. The van der Waals surface area contributed by atoms with Gasteiger partial charge in [0.1, 0.15) is 10.9 Å². The number of hydrogen-bond acceptors (Lipinski definition) is 7. The Morgan fingerprint density at radius 2 is 2.24 bits per heavy atom. The summed E-state index contributed by atoms with van der Waals surface area (Å²) in [7, 11) is 3.01. The fraction of sp³-hybridized carbons (Fsp3) is 0.438.